The van der Waals surface area contributed by atoms with Gasteiger partial charge in [0.15, 0.2) is 0 Å². The van der Waals surface area contributed by atoms with E-state index in [4.69, 9.17) is 4.74 Å². The molecule has 1 N–H and O–H groups in total. The maximum Gasteiger partial charge on any atom is 0.127 e. The van der Waals surface area contributed by atoms with Crippen LogP contribution >= 0.6 is 0 Å². The fourth-order valence-electron chi connectivity index (χ4n) is 2.44. The van der Waals surface area contributed by atoms with E-state index in [1.807, 2.05) is 12.1 Å². The maximum absolute atomic E-state index is 13.4. The molecule has 1 fully saturated rings. The maximum atomic E-state index is 13.4. The lowest BCUT2D eigenvalue weighted by atomic mass is 9.92. The predicted molar refractivity (Wildman–Crippen MR) is 66.3 cm³/mol. The molecule has 0 aromatic heterocycles. The van der Waals surface area contributed by atoms with E-state index in [1.165, 1.54) is 12.5 Å². The average molecular weight is 237 g/mol. The first-order chi connectivity index (χ1) is 8.29. The molecule has 94 valence electrons. The Morgan fingerprint density at radius 1 is 1.35 bits per heavy atom. The molecule has 2 rings (SSSR count). The summed E-state index contributed by atoms with van der Waals surface area (Å²) in [5.41, 5.74) is 0.743. The highest BCUT2D eigenvalue weighted by Gasteiger charge is 2.21. The van der Waals surface area contributed by atoms with Gasteiger partial charge in [0.05, 0.1) is 6.10 Å². The first kappa shape index (κ1) is 12.5. The van der Waals surface area contributed by atoms with Crippen molar-refractivity contribution in [2.75, 3.05) is 7.11 Å². The van der Waals surface area contributed by atoms with E-state index in [9.17, 15) is 4.39 Å². The van der Waals surface area contributed by atoms with Crippen LogP contribution in [0.5, 0.6) is 0 Å². The van der Waals surface area contributed by atoms with Gasteiger partial charge in [-0.25, -0.2) is 4.39 Å². The first-order valence-corrected chi connectivity index (χ1v) is 6.29. The summed E-state index contributed by atoms with van der Waals surface area (Å²) in [6.45, 7) is 0.605. The lowest BCUT2D eigenvalue weighted by Gasteiger charge is -2.29. The number of hydrogen-bond acceptors (Lipinski definition) is 2. The number of methoxy groups -OCH3 is 1. The van der Waals surface area contributed by atoms with Crippen molar-refractivity contribution in [3.05, 3.63) is 35.6 Å². The third-order valence-corrected chi connectivity index (χ3v) is 3.50. The smallest absolute Gasteiger partial charge is 0.127 e. The van der Waals surface area contributed by atoms with Gasteiger partial charge in [-0.2, -0.15) is 0 Å². The van der Waals surface area contributed by atoms with Crippen LogP contribution in [0, 0.1) is 5.82 Å². The highest BCUT2D eigenvalue weighted by Crippen LogP contribution is 2.21. The molecule has 1 aromatic rings. The van der Waals surface area contributed by atoms with Gasteiger partial charge in [0.1, 0.15) is 5.82 Å². The van der Waals surface area contributed by atoms with Crippen LogP contribution in [0.25, 0.3) is 0 Å². The zero-order valence-corrected chi connectivity index (χ0v) is 10.3. The van der Waals surface area contributed by atoms with E-state index in [0.29, 0.717) is 18.7 Å². The molecule has 2 nitrogen and oxygen atoms in total. The third kappa shape index (κ3) is 3.51. The molecule has 0 saturated heterocycles. The largest absolute Gasteiger partial charge is 0.381 e. The molecule has 0 bridgehead atoms. The number of halogens is 1. The van der Waals surface area contributed by atoms with E-state index in [-0.39, 0.29) is 5.82 Å². The van der Waals surface area contributed by atoms with Crippen molar-refractivity contribution in [1.29, 1.82) is 0 Å². The molecule has 1 aromatic carbocycles. The van der Waals surface area contributed by atoms with E-state index < -0.39 is 0 Å². The number of hydrogen-bond donors (Lipinski definition) is 1. The minimum absolute atomic E-state index is 0.126. The van der Waals surface area contributed by atoms with Crippen LogP contribution in [-0.2, 0) is 11.3 Å². The standard InChI is InChI=1S/C14H20FNO/c1-17-13-7-4-6-12(9-13)16-10-11-5-2-3-8-14(11)15/h2-3,5,8,12-13,16H,4,6-7,9-10H2,1H3. The van der Waals surface area contributed by atoms with Crippen molar-refractivity contribution in [2.24, 2.45) is 0 Å². The molecular formula is C14H20FNO. The molecule has 0 heterocycles. The minimum atomic E-state index is -0.126. The first-order valence-electron chi connectivity index (χ1n) is 6.29. The number of rotatable bonds is 4. The van der Waals surface area contributed by atoms with Crippen molar-refractivity contribution >= 4 is 0 Å². The monoisotopic (exact) mass is 237 g/mol. The SMILES string of the molecule is COC1CCCC(NCc2ccccc2F)C1. The Morgan fingerprint density at radius 2 is 2.18 bits per heavy atom. The fraction of sp³-hybridized carbons (Fsp3) is 0.571. The Kier molecular flexibility index (Phi) is 4.51. The predicted octanol–water partition coefficient (Wildman–Crippen LogP) is 2.87. The average Bonchev–Trinajstić information content (AvgIpc) is 2.38. The molecule has 1 aliphatic rings. The molecule has 0 amide bonds. The summed E-state index contributed by atoms with van der Waals surface area (Å²) in [4.78, 5) is 0. The van der Waals surface area contributed by atoms with Crippen LogP contribution in [0.15, 0.2) is 24.3 Å². The summed E-state index contributed by atoms with van der Waals surface area (Å²) in [5, 5.41) is 3.42. The Balaban J connectivity index is 1.84. The van der Waals surface area contributed by atoms with Gasteiger partial charge in [-0.15, -0.1) is 0 Å². The topological polar surface area (TPSA) is 21.3 Å². The van der Waals surface area contributed by atoms with Crippen molar-refractivity contribution in [2.45, 2.75) is 44.4 Å². The summed E-state index contributed by atoms with van der Waals surface area (Å²) in [6.07, 6.45) is 4.89. The van der Waals surface area contributed by atoms with Crippen LogP contribution in [0.1, 0.15) is 31.2 Å². The fourth-order valence-corrected chi connectivity index (χ4v) is 2.44. The van der Waals surface area contributed by atoms with E-state index in [0.717, 1.165) is 24.8 Å². The quantitative estimate of drug-likeness (QED) is 0.869. The molecule has 2 atom stereocenters. The number of benzene rings is 1. The van der Waals surface area contributed by atoms with E-state index in [1.54, 1.807) is 13.2 Å². The van der Waals surface area contributed by atoms with Crippen molar-refractivity contribution in [3.63, 3.8) is 0 Å². The van der Waals surface area contributed by atoms with Crippen LogP contribution in [-0.4, -0.2) is 19.3 Å². The van der Waals surface area contributed by atoms with Crippen molar-refractivity contribution in [1.82, 2.24) is 5.32 Å². The highest BCUT2D eigenvalue weighted by atomic mass is 19.1. The Bertz CT molecular complexity index is 356. The summed E-state index contributed by atoms with van der Waals surface area (Å²) < 4.78 is 18.8. The van der Waals surface area contributed by atoms with Crippen LogP contribution in [0.3, 0.4) is 0 Å². The molecule has 0 spiro atoms. The summed E-state index contributed by atoms with van der Waals surface area (Å²) in [7, 11) is 1.77. The van der Waals surface area contributed by atoms with Crippen LogP contribution in [0.4, 0.5) is 4.39 Å². The van der Waals surface area contributed by atoms with Crippen LogP contribution < -0.4 is 5.32 Å². The van der Waals surface area contributed by atoms with Crippen LogP contribution in [0.2, 0.25) is 0 Å². The number of ether oxygens (including phenoxy) is 1. The van der Waals surface area contributed by atoms with Gasteiger partial charge in [0, 0.05) is 25.3 Å². The lowest BCUT2D eigenvalue weighted by Crippen LogP contribution is -2.36. The summed E-state index contributed by atoms with van der Waals surface area (Å²) >= 11 is 0. The lowest BCUT2D eigenvalue weighted by molar-refractivity contribution is 0.0586. The summed E-state index contributed by atoms with van der Waals surface area (Å²) in [6, 6.07) is 7.39. The molecule has 3 heteroatoms. The van der Waals surface area contributed by atoms with Gasteiger partial charge in [0.25, 0.3) is 0 Å². The Morgan fingerprint density at radius 3 is 2.94 bits per heavy atom. The second kappa shape index (κ2) is 6.12. The molecule has 0 aliphatic heterocycles. The second-order valence-corrected chi connectivity index (χ2v) is 4.69. The minimum Gasteiger partial charge on any atom is -0.381 e. The normalized spacial score (nSPS) is 24.8. The van der Waals surface area contributed by atoms with E-state index in [2.05, 4.69) is 5.32 Å². The van der Waals surface area contributed by atoms with Gasteiger partial charge in [0.2, 0.25) is 0 Å². The van der Waals surface area contributed by atoms with Crippen molar-refractivity contribution in [3.8, 4) is 0 Å². The summed E-state index contributed by atoms with van der Waals surface area (Å²) in [5.74, 6) is -0.126. The third-order valence-electron chi connectivity index (χ3n) is 3.50. The van der Waals surface area contributed by atoms with Gasteiger partial charge in [-0.3, -0.25) is 0 Å². The molecule has 1 aliphatic carbocycles. The highest BCUT2D eigenvalue weighted by molar-refractivity contribution is 5.17. The Labute approximate surface area is 102 Å². The number of nitrogens with one attached hydrogen (secondary N) is 1. The zero-order chi connectivity index (χ0) is 12.1. The molecule has 0 radical (unpaired) electrons. The molecular weight excluding hydrogens is 217 g/mol. The second-order valence-electron chi connectivity index (χ2n) is 4.69. The van der Waals surface area contributed by atoms with Gasteiger partial charge in [-0.05, 0) is 31.7 Å². The Hall–Kier alpha value is -0.930. The molecule has 17 heavy (non-hydrogen) atoms. The van der Waals surface area contributed by atoms with Gasteiger partial charge in [-0.1, -0.05) is 18.2 Å². The van der Waals surface area contributed by atoms with E-state index >= 15 is 0 Å². The molecule has 1 saturated carbocycles. The van der Waals surface area contributed by atoms with Gasteiger partial charge >= 0.3 is 0 Å². The molecule has 2 unspecified atom stereocenters. The zero-order valence-electron chi connectivity index (χ0n) is 10.3. The van der Waals surface area contributed by atoms with Gasteiger partial charge < -0.3 is 10.1 Å². The van der Waals surface area contributed by atoms with Crippen molar-refractivity contribution < 1.29 is 9.13 Å².